The van der Waals surface area contributed by atoms with Crippen LogP contribution >= 0.6 is 11.6 Å². The largest absolute Gasteiger partial charge is 0.366 e. The van der Waals surface area contributed by atoms with Crippen molar-refractivity contribution in [2.24, 2.45) is 5.10 Å². The molecule has 3 aromatic rings. The Kier molecular flexibility index (Phi) is 7.55. The van der Waals surface area contributed by atoms with Crippen LogP contribution in [0.15, 0.2) is 70.7 Å². The lowest BCUT2D eigenvalue weighted by Gasteiger charge is -2.17. The van der Waals surface area contributed by atoms with Crippen molar-refractivity contribution in [3.63, 3.8) is 0 Å². The molecule has 37 heavy (non-hydrogen) atoms. The molecule has 12 nitrogen and oxygen atoms in total. The van der Waals surface area contributed by atoms with E-state index in [1.807, 2.05) is 4.90 Å². The summed E-state index contributed by atoms with van der Waals surface area (Å²) in [6.45, 7) is 1.50. The van der Waals surface area contributed by atoms with E-state index in [0.29, 0.717) is 16.3 Å². The topological polar surface area (TPSA) is 160 Å². The average Bonchev–Trinajstić information content (AvgIpc) is 3.38. The minimum atomic E-state index is -4.14. The summed E-state index contributed by atoms with van der Waals surface area (Å²) in [4.78, 5) is 23.6. The van der Waals surface area contributed by atoms with E-state index < -0.39 is 25.6 Å². The molecule has 0 radical (unpaired) electrons. The van der Waals surface area contributed by atoms with Crippen molar-refractivity contribution >= 4 is 56.3 Å². The Morgan fingerprint density at radius 1 is 0.946 bits per heavy atom. The number of nitro groups is 2. The summed E-state index contributed by atoms with van der Waals surface area (Å²) in [6.07, 6.45) is 3.23. The Bertz CT molecular complexity index is 1490. The highest BCUT2D eigenvalue weighted by atomic mass is 35.5. The first kappa shape index (κ1) is 25.9. The van der Waals surface area contributed by atoms with Gasteiger partial charge in [0.25, 0.3) is 21.4 Å². The number of hydrogen-bond acceptors (Lipinski definition) is 9. The molecule has 3 aromatic carbocycles. The van der Waals surface area contributed by atoms with Gasteiger partial charge in [-0.05, 0) is 49.2 Å². The summed E-state index contributed by atoms with van der Waals surface area (Å²) >= 11 is 5.88. The Morgan fingerprint density at radius 2 is 1.68 bits per heavy atom. The first-order chi connectivity index (χ1) is 17.6. The second-order valence-electron chi connectivity index (χ2n) is 8.12. The maximum atomic E-state index is 12.7. The fourth-order valence-electron chi connectivity index (χ4n) is 3.86. The van der Waals surface area contributed by atoms with Crippen molar-refractivity contribution in [1.82, 2.24) is 0 Å². The van der Waals surface area contributed by atoms with Gasteiger partial charge in [0.05, 0.1) is 26.6 Å². The molecule has 1 aliphatic heterocycles. The zero-order valence-electron chi connectivity index (χ0n) is 19.2. The van der Waals surface area contributed by atoms with E-state index in [4.69, 9.17) is 11.6 Å². The van der Waals surface area contributed by atoms with E-state index in [-0.39, 0.29) is 22.0 Å². The van der Waals surface area contributed by atoms with Crippen molar-refractivity contribution in [3.8, 4) is 0 Å². The molecule has 0 amide bonds. The first-order valence-corrected chi connectivity index (χ1v) is 12.9. The monoisotopic (exact) mass is 544 g/mol. The third-order valence-electron chi connectivity index (χ3n) is 5.59. The van der Waals surface area contributed by atoms with Gasteiger partial charge >= 0.3 is 0 Å². The fourth-order valence-corrected chi connectivity index (χ4v) is 5.12. The van der Waals surface area contributed by atoms with Crippen LogP contribution < -0.4 is 15.0 Å². The van der Waals surface area contributed by atoms with Gasteiger partial charge in [0, 0.05) is 35.8 Å². The summed E-state index contributed by atoms with van der Waals surface area (Å²) in [5.41, 5.74) is 3.01. The molecule has 192 valence electrons. The number of hydrazone groups is 1. The van der Waals surface area contributed by atoms with Crippen LogP contribution in [-0.2, 0) is 10.0 Å². The van der Waals surface area contributed by atoms with Gasteiger partial charge in [-0.3, -0.25) is 30.4 Å². The molecule has 0 aromatic heterocycles. The molecule has 1 fully saturated rings. The molecule has 0 bridgehead atoms. The van der Waals surface area contributed by atoms with Crippen LogP contribution in [0, 0.1) is 20.2 Å². The molecule has 1 aliphatic rings. The molecule has 2 N–H and O–H groups in total. The minimum Gasteiger partial charge on any atom is -0.366 e. The number of nitro benzene ring substituents is 2. The van der Waals surface area contributed by atoms with Gasteiger partial charge in [0.15, 0.2) is 0 Å². The van der Waals surface area contributed by atoms with Crippen LogP contribution in [0.5, 0.6) is 0 Å². The minimum absolute atomic E-state index is 0.0569. The number of halogens is 1. The van der Waals surface area contributed by atoms with E-state index in [2.05, 4.69) is 15.2 Å². The lowest BCUT2D eigenvalue weighted by atomic mass is 10.1. The zero-order chi connectivity index (χ0) is 26.6. The molecule has 1 saturated heterocycles. The first-order valence-electron chi connectivity index (χ1n) is 11.0. The Balaban J connectivity index is 1.54. The van der Waals surface area contributed by atoms with Crippen molar-refractivity contribution in [1.29, 1.82) is 0 Å². The summed E-state index contributed by atoms with van der Waals surface area (Å²) in [6, 6.07) is 14.0. The molecule has 0 aliphatic carbocycles. The van der Waals surface area contributed by atoms with Crippen LogP contribution in [0.25, 0.3) is 0 Å². The molecule has 0 spiro atoms. The van der Waals surface area contributed by atoms with E-state index >= 15 is 0 Å². The highest BCUT2D eigenvalue weighted by Crippen LogP contribution is 2.32. The second-order valence-corrected chi connectivity index (χ2v) is 10.2. The van der Waals surface area contributed by atoms with Crippen molar-refractivity contribution in [2.75, 3.05) is 28.1 Å². The van der Waals surface area contributed by atoms with E-state index in [9.17, 15) is 28.6 Å². The molecule has 0 saturated carbocycles. The quantitative estimate of drug-likeness (QED) is 0.216. The lowest BCUT2D eigenvalue weighted by molar-refractivity contribution is -0.384. The Hall–Kier alpha value is -4.23. The van der Waals surface area contributed by atoms with Crippen molar-refractivity contribution in [3.05, 3.63) is 91.5 Å². The number of benzene rings is 3. The van der Waals surface area contributed by atoms with Crippen LogP contribution in [0.2, 0.25) is 5.02 Å². The van der Waals surface area contributed by atoms with Gasteiger partial charge < -0.3 is 4.90 Å². The number of anilines is 3. The highest BCUT2D eigenvalue weighted by molar-refractivity contribution is 7.92. The SMILES string of the molecule is O=[N+]([O-])c1cc(S(=O)(=O)Nc2cccc(Cl)c2)ccc1N/N=C\c1ccc(N2CCCC2)c([N+](=O)[O-])c1. The maximum Gasteiger partial charge on any atom is 0.295 e. The number of rotatable bonds is 9. The molecule has 0 atom stereocenters. The molecule has 14 heteroatoms. The van der Waals surface area contributed by atoms with Gasteiger partial charge in [-0.25, -0.2) is 8.42 Å². The number of nitrogens with zero attached hydrogens (tertiary/aromatic N) is 4. The smallest absolute Gasteiger partial charge is 0.295 e. The predicted molar refractivity (Wildman–Crippen MR) is 141 cm³/mol. The molecular weight excluding hydrogens is 524 g/mol. The Labute approximate surface area is 216 Å². The van der Waals surface area contributed by atoms with E-state index in [0.717, 1.165) is 32.0 Å². The lowest BCUT2D eigenvalue weighted by Crippen LogP contribution is -2.19. The molecule has 1 heterocycles. The third kappa shape index (κ3) is 6.13. The van der Waals surface area contributed by atoms with Gasteiger partial charge in [-0.1, -0.05) is 23.7 Å². The summed E-state index contributed by atoms with van der Waals surface area (Å²) < 4.78 is 27.8. The molecule has 0 unspecified atom stereocenters. The van der Waals surface area contributed by atoms with Crippen LogP contribution in [0.3, 0.4) is 0 Å². The van der Waals surface area contributed by atoms with Crippen LogP contribution in [-0.4, -0.2) is 37.6 Å². The van der Waals surface area contributed by atoms with Gasteiger partial charge in [-0.15, -0.1) is 0 Å². The van der Waals surface area contributed by atoms with Crippen molar-refractivity contribution in [2.45, 2.75) is 17.7 Å². The predicted octanol–water partition coefficient (Wildman–Crippen LogP) is 5.00. The molecule has 4 rings (SSSR count). The highest BCUT2D eigenvalue weighted by Gasteiger charge is 2.23. The van der Waals surface area contributed by atoms with E-state index in [1.165, 1.54) is 36.5 Å². The molecular formula is C23H21ClN6O6S. The van der Waals surface area contributed by atoms with Gasteiger partial charge in [-0.2, -0.15) is 5.10 Å². The van der Waals surface area contributed by atoms with Crippen molar-refractivity contribution < 1.29 is 18.3 Å². The average molecular weight is 545 g/mol. The number of sulfonamides is 1. The van der Waals surface area contributed by atoms with E-state index in [1.54, 1.807) is 24.3 Å². The second kappa shape index (κ2) is 10.8. The number of hydrogen-bond donors (Lipinski definition) is 2. The summed E-state index contributed by atoms with van der Waals surface area (Å²) in [5, 5.41) is 27.5. The number of nitrogens with one attached hydrogen (secondary N) is 2. The fraction of sp³-hybridized carbons (Fsp3) is 0.174. The third-order valence-corrected chi connectivity index (χ3v) is 7.21. The van der Waals surface area contributed by atoms with Crippen LogP contribution in [0.1, 0.15) is 18.4 Å². The van der Waals surface area contributed by atoms with Gasteiger partial charge in [0.2, 0.25) is 0 Å². The zero-order valence-corrected chi connectivity index (χ0v) is 20.8. The standard InChI is InChI=1S/C23H21ClN6O6S/c24-17-4-3-5-18(13-17)27-37(35,36)19-7-8-20(22(14-19)29(31)32)26-25-15-16-6-9-21(23(12-16)30(33)34)28-10-1-2-11-28/h3-9,12-15,26-27H,1-2,10-11H2/b25-15-. The normalized spacial score (nSPS) is 13.6. The maximum absolute atomic E-state index is 12.7. The van der Waals surface area contributed by atoms with Crippen LogP contribution in [0.4, 0.5) is 28.4 Å². The summed E-state index contributed by atoms with van der Waals surface area (Å²) in [5.74, 6) is 0. The Morgan fingerprint density at radius 3 is 2.35 bits per heavy atom. The summed E-state index contributed by atoms with van der Waals surface area (Å²) in [7, 11) is -4.14. The van der Waals surface area contributed by atoms with Gasteiger partial charge in [0.1, 0.15) is 11.4 Å².